The van der Waals surface area contributed by atoms with Crippen LogP contribution >= 0.6 is 0 Å². The molecular weight excluding hydrogens is 428 g/mol. The number of aromatic nitrogens is 2. The van der Waals surface area contributed by atoms with Crippen LogP contribution in [0.1, 0.15) is 50.5 Å². The van der Waals surface area contributed by atoms with Gasteiger partial charge in [0.25, 0.3) is 0 Å². The fourth-order valence-corrected chi connectivity index (χ4v) is 4.39. The number of nitrogens with zero attached hydrogens (tertiary/aromatic N) is 1. The number of para-hydroxylation sites is 1. The zero-order valence-electron chi connectivity index (χ0n) is 18.8. The molecule has 1 aliphatic carbocycles. The number of methoxy groups -OCH3 is 1. The van der Waals surface area contributed by atoms with Crippen LogP contribution in [0, 0.1) is 0 Å². The number of ether oxygens (including phenoxy) is 2. The number of rotatable bonds is 6. The Balaban J connectivity index is 1.54. The van der Waals surface area contributed by atoms with E-state index in [-0.39, 0.29) is 12.4 Å². The third-order valence-electron chi connectivity index (χ3n) is 6.06. The number of esters is 1. The summed E-state index contributed by atoms with van der Waals surface area (Å²) in [4.78, 5) is 33.4. The Labute approximate surface area is 197 Å². The summed E-state index contributed by atoms with van der Waals surface area (Å²) in [6.07, 6.45) is 6.27. The lowest BCUT2D eigenvalue weighted by atomic mass is 9.86. The van der Waals surface area contributed by atoms with Crippen molar-refractivity contribution in [3.05, 3.63) is 94.9 Å². The molecule has 2 aromatic carbocycles. The molecule has 2 heterocycles. The molecule has 2 aromatic heterocycles. The van der Waals surface area contributed by atoms with Crippen molar-refractivity contribution in [1.82, 2.24) is 9.97 Å². The highest BCUT2D eigenvalue weighted by molar-refractivity contribution is 6.07. The largest absolute Gasteiger partial charge is 0.497 e. The molecule has 5 rings (SSSR count). The van der Waals surface area contributed by atoms with Gasteiger partial charge >= 0.3 is 5.97 Å². The number of hydrogen-bond acceptors (Lipinski definition) is 5. The third kappa shape index (κ3) is 4.22. The van der Waals surface area contributed by atoms with Gasteiger partial charge in [-0.15, -0.1) is 0 Å². The van der Waals surface area contributed by atoms with Crippen LogP contribution in [-0.2, 0) is 11.2 Å². The van der Waals surface area contributed by atoms with E-state index in [9.17, 15) is 9.59 Å². The van der Waals surface area contributed by atoms with Crippen LogP contribution in [0.25, 0.3) is 22.6 Å². The molecule has 0 fully saturated rings. The standard InChI is InChI=1S/C28H24N2O4/c1-33-20-13-11-18(12-14-20)16-19-6-4-8-22-26(21-7-2-3-9-23(21)30-27(19)22)28(32)34-17-25(31)24-10-5-15-29-24/h2-3,5,7,9-16,29H,4,6,8,17H2,1H3. The maximum Gasteiger partial charge on any atom is 0.339 e. The average molecular weight is 453 g/mol. The van der Waals surface area contributed by atoms with E-state index in [2.05, 4.69) is 11.1 Å². The molecule has 0 atom stereocenters. The van der Waals surface area contributed by atoms with E-state index in [4.69, 9.17) is 14.5 Å². The molecule has 4 aromatic rings. The second kappa shape index (κ2) is 9.35. The van der Waals surface area contributed by atoms with E-state index in [0.29, 0.717) is 11.3 Å². The fraction of sp³-hybridized carbons (Fsp3) is 0.179. The van der Waals surface area contributed by atoms with Crippen LogP contribution in [-0.4, -0.2) is 35.4 Å². The lowest BCUT2D eigenvalue weighted by Gasteiger charge is -2.22. The van der Waals surface area contributed by atoms with E-state index < -0.39 is 5.97 Å². The number of H-pyrrole nitrogens is 1. The van der Waals surface area contributed by atoms with Crippen molar-refractivity contribution in [2.45, 2.75) is 19.3 Å². The van der Waals surface area contributed by atoms with E-state index >= 15 is 0 Å². The van der Waals surface area contributed by atoms with E-state index in [1.54, 1.807) is 25.4 Å². The number of aromatic amines is 1. The minimum atomic E-state index is -0.500. The maximum atomic E-state index is 13.3. The molecule has 6 nitrogen and oxygen atoms in total. The minimum absolute atomic E-state index is 0.273. The van der Waals surface area contributed by atoms with Gasteiger partial charge in [0.2, 0.25) is 5.78 Å². The highest BCUT2D eigenvalue weighted by atomic mass is 16.5. The molecule has 0 saturated heterocycles. The van der Waals surface area contributed by atoms with Gasteiger partial charge in [-0.25, -0.2) is 9.78 Å². The molecule has 0 saturated carbocycles. The highest BCUT2D eigenvalue weighted by Crippen LogP contribution is 2.36. The number of Topliss-reactive ketones (excluding diaryl/α,β-unsaturated/α-hetero) is 1. The zero-order valence-corrected chi connectivity index (χ0v) is 18.8. The van der Waals surface area contributed by atoms with E-state index in [1.807, 2.05) is 48.5 Å². The van der Waals surface area contributed by atoms with E-state index in [1.165, 1.54) is 0 Å². The van der Waals surface area contributed by atoms with Crippen molar-refractivity contribution in [1.29, 1.82) is 0 Å². The SMILES string of the molecule is COc1ccc(C=C2CCCc3c2nc2ccccc2c3C(=O)OCC(=O)c2ccc[nH]2)cc1. The Kier molecular flexibility index (Phi) is 5.95. The van der Waals surface area contributed by atoms with Gasteiger partial charge in [-0.05, 0) is 72.4 Å². The predicted octanol–water partition coefficient (Wildman–Crippen LogP) is 5.49. The summed E-state index contributed by atoms with van der Waals surface area (Å²) < 4.78 is 10.8. The molecule has 0 radical (unpaired) electrons. The number of ketones is 1. The smallest absolute Gasteiger partial charge is 0.339 e. The molecule has 0 spiro atoms. The van der Waals surface area contributed by atoms with Crippen LogP contribution in [0.2, 0.25) is 0 Å². The van der Waals surface area contributed by atoms with Gasteiger partial charge in [0, 0.05) is 11.6 Å². The number of benzene rings is 2. The molecule has 0 aliphatic heterocycles. The van der Waals surface area contributed by atoms with Crippen LogP contribution in [0.3, 0.4) is 0 Å². The van der Waals surface area contributed by atoms with Crippen molar-refractivity contribution < 1.29 is 19.1 Å². The molecule has 0 unspecified atom stereocenters. The second-order valence-corrected chi connectivity index (χ2v) is 8.21. The lowest BCUT2D eigenvalue weighted by molar-refractivity contribution is 0.0474. The highest BCUT2D eigenvalue weighted by Gasteiger charge is 2.26. The molecule has 0 bridgehead atoms. The molecule has 34 heavy (non-hydrogen) atoms. The summed E-state index contributed by atoms with van der Waals surface area (Å²) in [5, 5.41) is 0.740. The van der Waals surface area contributed by atoms with Gasteiger partial charge in [0.15, 0.2) is 6.61 Å². The number of pyridine rings is 1. The summed E-state index contributed by atoms with van der Waals surface area (Å²) in [5.41, 5.74) is 5.46. The summed E-state index contributed by atoms with van der Waals surface area (Å²) in [5.74, 6) is 0.0281. The van der Waals surface area contributed by atoms with Crippen LogP contribution in [0.4, 0.5) is 0 Å². The van der Waals surface area contributed by atoms with Gasteiger partial charge in [0.1, 0.15) is 5.75 Å². The molecular formula is C28H24N2O4. The van der Waals surface area contributed by atoms with Gasteiger partial charge in [-0.3, -0.25) is 4.79 Å². The number of carbonyl (C=O) groups is 2. The molecule has 170 valence electrons. The zero-order chi connectivity index (χ0) is 23.5. The fourth-order valence-electron chi connectivity index (χ4n) is 4.39. The summed E-state index contributed by atoms with van der Waals surface area (Å²) >= 11 is 0. The second-order valence-electron chi connectivity index (χ2n) is 8.21. The number of allylic oxidation sites excluding steroid dienone is 1. The Morgan fingerprint density at radius 2 is 1.85 bits per heavy atom. The van der Waals surface area contributed by atoms with Gasteiger partial charge < -0.3 is 14.5 Å². The molecule has 1 aliphatic rings. The first kappa shape index (κ1) is 21.6. The Bertz CT molecular complexity index is 1390. The van der Waals surface area contributed by atoms with Crippen molar-refractivity contribution in [2.75, 3.05) is 13.7 Å². The van der Waals surface area contributed by atoms with Crippen molar-refractivity contribution >= 4 is 34.3 Å². The minimum Gasteiger partial charge on any atom is -0.497 e. The van der Waals surface area contributed by atoms with Crippen molar-refractivity contribution in [3.8, 4) is 5.75 Å². The third-order valence-corrected chi connectivity index (χ3v) is 6.06. The number of nitrogens with one attached hydrogen (secondary N) is 1. The van der Waals surface area contributed by atoms with Crippen molar-refractivity contribution in [2.24, 2.45) is 0 Å². The molecule has 0 amide bonds. The number of carbonyl (C=O) groups excluding carboxylic acids is 2. The van der Waals surface area contributed by atoms with Crippen LogP contribution in [0.5, 0.6) is 5.75 Å². The Morgan fingerprint density at radius 3 is 2.62 bits per heavy atom. The summed E-state index contributed by atoms with van der Waals surface area (Å²) in [6, 6.07) is 18.8. The average Bonchev–Trinajstić information content (AvgIpc) is 3.42. The van der Waals surface area contributed by atoms with Crippen LogP contribution in [0.15, 0.2) is 66.9 Å². The first-order valence-electron chi connectivity index (χ1n) is 11.2. The normalized spacial score (nSPS) is 14.1. The topological polar surface area (TPSA) is 81.3 Å². The first-order chi connectivity index (χ1) is 16.6. The van der Waals surface area contributed by atoms with Crippen LogP contribution < -0.4 is 4.74 Å². The number of fused-ring (bicyclic) bond motifs is 2. The lowest BCUT2D eigenvalue weighted by Crippen LogP contribution is -2.18. The predicted molar refractivity (Wildman–Crippen MR) is 131 cm³/mol. The maximum absolute atomic E-state index is 13.3. The van der Waals surface area contributed by atoms with Gasteiger partial charge in [-0.1, -0.05) is 30.3 Å². The first-order valence-corrected chi connectivity index (χ1v) is 11.2. The Hall–Kier alpha value is -4.19. The van der Waals surface area contributed by atoms with Gasteiger partial charge in [-0.2, -0.15) is 0 Å². The number of hydrogen-bond donors (Lipinski definition) is 1. The van der Waals surface area contributed by atoms with Crippen molar-refractivity contribution in [3.63, 3.8) is 0 Å². The molecule has 1 N–H and O–H groups in total. The van der Waals surface area contributed by atoms with E-state index in [0.717, 1.165) is 58.3 Å². The Morgan fingerprint density at radius 1 is 1.03 bits per heavy atom. The monoisotopic (exact) mass is 452 g/mol. The van der Waals surface area contributed by atoms with Gasteiger partial charge in [0.05, 0.1) is 29.6 Å². The summed E-state index contributed by atoms with van der Waals surface area (Å²) in [6.45, 7) is -0.320. The summed E-state index contributed by atoms with van der Waals surface area (Å²) in [7, 11) is 1.65. The molecule has 6 heteroatoms. The quantitative estimate of drug-likeness (QED) is 0.309.